The van der Waals surface area contributed by atoms with Crippen molar-refractivity contribution in [2.24, 2.45) is 0 Å². The van der Waals surface area contributed by atoms with Crippen LogP contribution in [0, 0.1) is 0 Å². The third kappa shape index (κ3) is 2.37. The fraction of sp³-hybridized carbons (Fsp3) is 0.300. The fourth-order valence-electron chi connectivity index (χ4n) is 4.24. The molecular weight excluding hydrogens is 306 g/mol. The number of nitrogens with zero attached hydrogens (tertiary/aromatic N) is 1. The Morgan fingerprint density at radius 3 is 2.87 bits per heavy atom. The topological polar surface area (TPSA) is 23.5 Å². The van der Waals surface area contributed by atoms with E-state index in [1.165, 1.54) is 22.3 Å². The van der Waals surface area contributed by atoms with Gasteiger partial charge in [0.25, 0.3) is 0 Å². The maximum atomic E-state index is 10.1. The van der Waals surface area contributed by atoms with Crippen LogP contribution in [0.2, 0.25) is 5.02 Å². The minimum absolute atomic E-state index is 0.186. The van der Waals surface area contributed by atoms with Crippen LogP contribution in [0.15, 0.2) is 49.1 Å². The molecule has 0 bridgehead atoms. The predicted octanol–water partition coefficient (Wildman–Crippen LogP) is 4.15. The maximum Gasteiger partial charge on any atom is 0.134 e. The Hall–Kier alpha value is -1.77. The summed E-state index contributed by atoms with van der Waals surface area (Å²) in [6, 6.07) is 12.9. The Bertz CT molecular complexity index is 770. The maximum absolute atomic E-state index is 10.1. The van der Waals surface area contributed by atoms with E-state index in [9.17, 15) is 5.11 Å². The number of phenols is 1. The summed E-state index contributed by atoms with van der Waals surface area (Å²) >= 11 is 6.16. The number of fused-ring (bicyclic) bond motifs is 5. The van der Waals surface area contributed by atoms with Crippen LogP contribution in [0.25, 0.3) is 0 Å². The molecule has 23 heavy (non-hydrogen) atoms. The van der Waals surface area contributed by atoms with Crippen molar-refractivity contribution in [3.8, 4) is 5.75 Å². The van der Waals surface area contributed by atoms with Crippen molar-refractivity contribution in [1.29, 1.82) is 0 Å². The molecule has 2 aliphatic rings. The molecule has 0 amide bonds. The zero-order valence-electron chi connectivity index (χ0n) is 13.0. The molecule has 3 heteroatoms. The lowest BCUT2D eigenvalue weighted by Gasteiger charge is -2.30. The normalized spacial score (nSPS) is 22.8. The molecule has 2 atom stereocenters. The molecule has 4 rings (SSSR count). The molecule has 118 valence electrons. The van der Waals surface area contributed by atoms with Gasteiger partial charge in [0.05, 0.1) is 5.02 Å². The van der Waals surface area contributed by atoms with Gasteiger partial charge in [-0.1, -0.05) is 41.9 Å². The number of rotatable bonds is 2. The molecule has 1 aliphatic heterocycles. The summed E-state index contributed by atoms with van der Waals surface area (Å²) in [4.78, 5) is 2.52. The summed E-state index contributed by atoms with van der Waals surface area (Å²) < 4.78 is 0. The molecule has 2 aromatic carbocycles. The van der Waals surface area contributed by atoms with Crippen LogP contribution in [0.5, 0.6) is 5.75 Å². The molecule has 1 aliphatic carbocycles. The smallest absolute Gasteiger partial charge is 0.134 e. The first kappa shape index (κ1) is 14.8. The Morgan fingerprint density at radius 1 is 1.22 bits per heavy atom. The lowest BCUT2D eigenvalue weighted by molar-refractivity contribution is 0.219. The van der Waals surface area contributed by atoms with Crippen molar-refractivity contribution < 1.29 is 5.11 Å². The molecule has 2 aromatic rings. The second-order valence-corrected chi connectivity index (χ2v) is 6.89. The first-order valence-corrected chi connectivity index (χ1v) is 8.51. The zero-order valence-corrected chi connectivity index (χ0v) is 13.8. The molecule has 1 N–H and O–H groups in total. The van der Waals surface area contributed by atoms with Crippen molar-refractivity contribution >= 4 is 11.6 Å². The van der Waals surface area contributed by atoms with Crippen LogP contribution in [-0.4, -0.2) is 29.1 Å². The van der Waals surface area contributed by atoms with Crippen LogP contribution < -0.4 is 0 Å². The average Bonchev–Trinajstić information content (AvgIpc) is 2.87. The van der Waals surface area contributed by atoms with E-state index >= 15 is 0 Å². The monoisotopic (exact) mass is 325 g/mol. The number of hydrogen-bond acceptors (Lipinski definition) is 2. The minimum Gasteiger partial charge on any atom is -0.506 e. The van der Waals surface area contributed by atoms with Crippen molar-refractivity contribution in [3.05, 3.63) is 76.3 Å². The van der Waals surface area contributed by atoms with Crippen molar-refractivity contribution in [2.45, 2.75) is 24.8 Å². The molecule has 0 saturated heterocycles. The standard InChI is InChI=1S/C20H20ClNO/c1-2-8-22-9-7-14-10-17(21)19(23)12-16(14)20-15-6-4-3-5-13(15)11-18(20)22/h2-6,10,12,18,20,23H,1,7-9,11H2/t18-,20+/m1/s1. The first-order valence-electron chi connectivity index (χ1n) is 8.13. The molecule has 0 saturated carbocycles. The summed E-state index contributed by atoms with van der Waals surface area (Å²) in [6.07, 6.45) is 4.00. The highest BCUT2D eigenvalue weighted by molar-refractivity contribution is 6.32. The highest BCUT2D eigenvalue weighted by Gasteiger charge is 2.39. The SMILES string of the molecule is C=CCN1CCc2cc(Cl)c(O)cc2[C@@H]2c3ccccc3C[C@H]21. The van der Waals surface area contributed by atoms with E-state index in [-0.39, 0.29) is 5.75 Å². The van der Waals surface area contributed by atoms with Crippen LogP contribution in [0.4, 0.5) is 0 Å². The number of hydrogen-bond donors (Lipinski definition) is 1. The predicted molar refractivity (Wildman–Crippen MR) is 94.4 cm³/mol. The first-order chi connectivity index (χ1) is 11.2. The summed E-state index contributed by atoms with van der Waals surface area (Å²) in [5.74, 6) is 0.484. The second-order valence-electron chi connectivity index (χ2n) is 6.48. The zero-order chi connectivity index (χ0) is 16.0. The Kier molecular flexibility index (Phi) is 3.67. The van der Waals surface area contributed by atoms with E-state index in [1.54, 1.807) is 0 Å². The molecule has 0 aromatic heterocycles. The lowest BCUT2D eigenvalue weighted by atomic mass is 9.87. The van der Waals surface area contributed by atoms with E-state index in [1.807, 2.05) is 18.2 Å². The van der Waals surface area contributed by atoms with Crippen LogP contribution in [-0.2, 0) is 12.8 Å². The summed E-state index contributed by atoms with van der Waals surface area (Å²) in [5, 5.41) is 10.6. The van der Waals surface area contributed by atoms with Crippen molar-refractivity contribution in [3.63, 3.8) is 0 Å². The third-order valence-electron chi connectivity index (χ3n) is 5.25. The Balaban J connectivity index is 1.90. The van der Waals surface area contributed by atoms with Crippen LogP contribution in [0.1, 0.15) is 28.2 Å². The van der Waals surface area contributed by atoms with Crippen LogP contribution in [0.3, 0.4) is 0 Å². The number of phenolic OH excluding ortho intramolecular Hbond substituents is 1. The van der Waals surface area contributed by atoms with E-state index in [2.05, 4.69) is 35.7 Å². The van der Waals surface area contributed by atoms with Gasteiger partial charge in [-0.05, 0) is 47.2 Å². The van der Waals surface area contributed by atoms with E-state index < -0.39 is 0 Å². The van der Waals surface area contributed by atoms with Gasteiger partial charge >= 0.3 is 0 Å². The number of halogens is 1. The molecular formula is C20H20ClNO. The van der Waals surface area contributed by atoms with Crippen molar-refractivity contribution in [2.75, 3.05) is 13.1 Å². The fourth-order valence-corrected chi connectivity index (χ4v) is 4.42. The molecule has 0 fully saturated rings. The van der Waals surface area contributed by atoms with Gasteiger partial charge in [-0.2, -0.15) is 0 Å². The average molecular weight is 326 g/mol. The highest BCUT2D eigenvalue weighted by atomic mass is 35.5. The van der Waals surface area contributed by atoms with Gasteiger partial charge < -0.3 is 5.11 Å². The molecule has 0 spiro atoms. The highest BCUT2D eigenvalue weighted by Crippen LogP contribution is 2.45. The van der Waals surface area contributed by atoms with Crippen molar-refractivity contribution in [1.82, 2.24) is 4.90 Å². The van der Waals surface area contributed by atoms with Crippen LogP contribution >= 0.6 is 11.6 Å². The van der Waals surface area contributed by atoms with E-state index in [4.69, 9.17) is 11.6 Å². The third-order valence-corrected chi connectivity index (χ3v) is 5.55. The van der Waals surface area contributed by atoms with Gasteiger partial charge in [-0.15, -0.1) is 6.58 Å². The second kappa shape index (κ2) is 5.70. The van der Waals surface area contributed by atoms with E-state index in [0.717, 1.165) is 25.9 Å². The Morgan fingerprint density at radius 2 is 2.04 bits per heavy atom. The van der Waals surface area contributed by atoms with Gasteiger partial charge in [0, 0.05) is 25.0 Å². The largest absolute Gasteiger partial charge is 0.506 e. The van der Waals surface area contributed by atoms with E-state index in [0.29, 0.717) is 17.0 Å². The quantitative estimate of drug-likeness (QED) is 0.839. The minimum atomic E-state index is 0.186. The van der Waals surface area contributed by atoms with Gasteiger partial charge in [-0.3, -0.25) is 4.90 Å². The number of benzene rings is 2. The summed E-state index contributed by atoms with van der Waals surface area (Å²) in [5.41, 5.74) is 5.29. The Labute approximate surface area is 142 Å². The number of aromatic hydroxyl groups is 1. The lowest BCUT2D eigenvalue weighted by Crippen LogP contribution is -2.38. The molecule has 1 heterocycles. The van der Waals surface area contributed by atoms with Gasteiger partial charge in [0.2, 0.25) is 0 Å². The van der Waals surface area contributed by atoms with Gasteiger partial charge in [0.1, 0.15) is 5.75 Å². The summed E-state index contributed by atoms with van der Waals surface area (Å²) in [6.45, 7) is 5.81. The van der Waals surface area contributed by atoms with Gasteiger partial charge in [0.15, 0.2) is 0 Å². The molecule has 0 radical (unpaired) electrons. The van der Waals surface area contributed by atoms with Gasteiger partial charge in [-0.25, -0.2) is 0 Å². The molecule has 2 nitrogen and oxygen atoms in total. The summed E-state index contributed by atoms with van der Waals surface area (Å²) in [7, 11) is 0. The molecule has 0 unspecified atom stereocenters.